The van der Waals surface area contributed by atoms with Gasteiger partial charge in [0.25, 0.3) is 0 Å². The van der Waals surface area contributed by atoms with Crippen molar-refractivity contribution in [3.63, 3.8) is 0 Å². The molecule has 0 aliphatic carbocycles. The maximum absolute atomic E-state index is 12.9. The van der Waals surface area contributed by atoms with Crippen LogP contribution in [0, 0.1) is 0 Å². The van der Waals surface area contributed by atoms with Gasteiger partial charge in [0.05, 0.1) is 18.1 Å². The van der Waals surface area contributed by atoms with Gasteiger partial charge < -0.3 is 14.7 Å². The number of aliphatic carboxylic acids is 1. The Morgan fingerprint density at radius 3 is 2.33 bits per heavy atom. The summed E-state index contributed by atoms with van der Waals surface area (Å²) in [5.74, 6) is -0.186. The van der Waals surface area contributed by atoms with Crippen LogP contribution >= 0.6 is 0 Å². The molecular weight excluding hydrogens is 490 g/mol. The van der Waals surface area contributed by atoms with E-state index >= 15 is 0 Å². The second-order valence-electron chi connectivity index (χ2n) is 9.72. The number of carbonyl (C=O) groups excluding carboxylic acids is 1. The van der Waals surface area contributed by atoms with Crippen molar-refractivity contribution in [2.45, 2.75) is 57.9 Å². The van der Waals surface area contributed by atoms with Crippen LogP contribution in [0.25, 0.3) is 28.1 Å². The summed E-state index contributed by atoms with van der Waals surface area (Å²) in [4.78, 5) is 31.1. The summed E-state index contributed by atoms with van der Waals surface area (Å²) in [5.41, 5.74) is 4.77. The molecule has 1 aromatic heterocycles. The maximum Gasteiger partial charge on any atom is 0.328 e. The molecule has 1 unspecified atom stereocenters. The number of fused-ring (bicyclic) bond motifs is 1. The number of rotatable bonds is 14. The van der Waals surface area contributed by atoms with Crippen molar-refractivity contribution in [1.29, 1.82) is 0 Å². The molecule has 1 atom stereocenters. The Morgan fingerprint density at radius 1 is 0.949 bits per heavy atom. The van der Waals surface area contributed by atoms with E-state index in [2.05, 4.69) is 58.9 Å². The number of carboxylic acid groups (broad SMARTS) is 1. The minimum atomic E-state index is -0.782. The molecule has 1 N–H and O–H groups in total. The topological polar surface area (TPSA) is 84.7 Å². The summed E-state index contributed by atoms with van der Waals surface area (Å²) >= 11 is 0. The molecule has 4 aromatic rings. The Hall–Kier alpha value is -4.13. The Balaban J connectivity index is 1.76. The van der Waals surface area contributed by atoms with E-state index in [1.54, 1.807) is 0 Å². The van der Waals surface area contributed by atoms with Gasteiger partial charge in [-0.25, -0.2) is 9.78 Å². The van der Waals surface area contributed by atoms with Gasteiger partial charge in [-0.15, -0.1) is 0 Å². The number of ether oxygens (including phenoxy) is 1. The number of unbranched alkanes of at least 4 members (excludes halogenated alkanes) is 3. The first kappa shape index (κ1) is 27.9. The number of para-hydroxylation sites is 1. The number of aromatic nitrogens is 2. The fraction of sp³-hybridized carbons (Fsp3) is 0.344. The molecular formula is C32H37N3O4. The first-order chi connectivity index (χ1) is 19.0. The van der Waals surface area contributed by atoms with Gasteiger partial charge >= 0.3 is 11.9 Å². The lowest BCUT2D eigenvalue weighted by Crippen LogP contribution is -2.42. The van der Waals surface area contributed by atoms with Gasteiger partial charge in [0.1, 0.15) is 11.9 Å². The number of methoxy groups -OCH3 is 1. The molecule has 1 heterocycles. The third-order valence-corrected chi connectivity index (χ3v) is 6.99. The zero-order chi connectivity index (χ0) is 27.6. The molecule has 0 aliphatic heterocycles. The average molecular weight is 528 g/mol. The van der Waals surface area contributed by atoms with E-state index < -0.39 is 12.0 Å². The SMILES string of the molecule is CCCCC(C(=O)OC)N(CCCCCC(=O)O)c1ccc2c(c1)nc(-c1ccccc1)n2-c1ccccc1. The number of benzene rings is 3. The number of hydrogen-bond donors (Lipinski definition) is 1. The smallest absolute Gasteiger partial charge is 0.328 e. The summed E-state index contributed by atoms with van der Waals surface area (Å²) in [6.07, 6.45) is 4.87. The first-order valence-corrected chi connectivity index (χ1v) is 13.7. The molecule has 7 heteroatoms. The molecule has 204 valence electrons. The van der Waals surface area contributed by atoms with Crippen LogP contribution in [0.15, 0.2) is 78.9 Å². The number of imidazole rings is 1. The van der Waals surface area contributed by atoms with E-state index in [1.165, 1.54) is 7.11 Å². The average Bonchev–Trinajstić information content (AvgIpc) is 3.35. The number of hydrogen-bond acceptors (Lipinski definition) is 5. The molecule has 0 saturated heterocycles. The van der Waals surface area contributed by atoms with Crippen molar-refractivity contribution in [3.8, 4) is 17.1 Å². The Bertz CT molecular complexity index is 1370. The second-order valence-corrected chi connectivity index (χ2v) is 9.72. The van der Waals surface area contributed by atoms with Gasteiger partial charge in [-0.1, -0.05) is 74.7 Å². The molecule has 0 bridgehead atoms. The van der Waals surface area contributed by atoms with Crippen molar-refractivity contribution in [1.82, 2.24) is 9.55 Å². The van der Waals surface area contributed by atoms with Gasteiger partial charge in [0.15, 0.2) is 0 Å². The highest BCUT2D eigenvalue weighted by atomic mass is 16.5. The highest BCUT2D eigenvalue weighted by molar-refractivity contribution is 5.87. The van der Waals surface area contributed by atoms with E-state index in [-0.39, 0.29) is 12.4 Å². The Kier molecular flexibility index (Phi) is 9.73. The van der Waals surface area contributed by atoms with Gasteiger partial charge in [0, 0.05) is 29.9 Å². The molecule has 4 rings (SSSR count). The van der Waals surface area contributed by atoms with Crippen molar-refractivity contribution in [3.05, 3.63) is 78.9 Å². The number of esters is 1. The molecule has 0 amide bonds. The van der Waals surface area contributed by atoms with Gasteiger partial charge in [-0.3, -0.25) is 9.36 Å². The maximum atomic E-state index is 12.9. The van der Waals surface area contributed by atoms with Crippen molar-refractivity contribution >= 4 is 28.7 Å². The van der Waals surface area contributed by atoms with Gasteiger partial charge in [-0.05, 0) is 49.6 Å². The van der Waals surface area contributed by atoms with Crippen LogP contribution in [0.2, 0.25) is 0 Å². The molecule has 7 nitrogen and oxygen atoms in total. The largest absolute Gasteiger partial charge is 0.481 e. The van der Waals surface area contributed by atoms with Crippen LogP contribution in [0.4, 0.5) is 5.69 Å². The summed E-state index contributed by atoms with van der Waals surface area (Å²) in [6.45, 7) is 2.73. The molecule has 0 aliphatic rings. The summed E-state index contributed by atoms with van der Waals surface area (Å²) in [5, 5.41) is 9.00. The predicted molar refractivity (Wildman–Crippen MR) is 155 cm³/mol. The predicted octanol–water partition coefficient (Wildman–Crippen LogP) is 6.88. The van der Waals surface area contributed by atoms with Gasteiger partial charge in [-0.2, -0.15) is 0 Å². The fourth-order valence-electron chi connectivity index (χ4n) is 5.00. The molecule has 0 saturated carbocycles. The Labute approximate surface area is 230 Å². The highest BCUT2D eigenvalue weighted by Crippen LogP contribution is 2.32. The van der Waals surface area contributed by atoms with E-state index in [4.69, 9.17) is 14.8 Å². The number of anilines is 1. The highest BCUT2D eigenvalue weighted by Gasteiger charge is 2.27. The zero-order valence-electron chi connectivity index (χ0n) is 22.8. The minimum absolute atomic E-state index is 0.154. The lowest BCUT2D eigenvalue weighted by molar-refractivity contribution is -0.142. The van der Waals surface area contributed by atoms with E-state index in [0.717, 1.165) is 59.5 Å². The monoisotopic (exact) mass is 527 g/mol. The fourth-order valence-corrected chi connectivity index (χ4v) is 5.00. The van der Waals surface area contributed by atoms with Crippen molar-refractivity contribution in [2.24, 2.45) is 0 Å². The second kappa shape index (κ2) is 13.6. The van der Waals surface area contributed by atoms with E-state index in [1.807, 2.05) is 36.4 Å². The summed E-state index contributed by atoms with van der Waals surface area (Å²) < 4.78 is 7.39. The zero-order valence-corrected chi connectivity index (χ0v) is 22.8. The van der Waals surface area contributed by atoms with E-state index in [0.29, 0.717) is 19.4 Å². The first-order valence-electron chi connectivity index (χ1n) is 13.7. The normalized spacial score (nSPS) is 11.8. The molecule has 0 fully saturated rings. The summed E-state index contributed by atoms with van der Waals surface area (Å²) in [7, 11) is 1.43. The molecule has 0 spiro atoms. The number of carboxylic acids is 1. The molecule has 0 radical (unpaired) electrons. The van der Waals surface area contributed by atoms with E-state index in [9.17, 15) is 9.59 Å². The Morgan fingerprint density at radius 2 is 1.67 bits per heavy atom. The van der Waals surface area contributed by atoms with Crippen LogP contribution in [0.5, 0.6) is 0 Å². The number of nitrogens with zero attached hydrogens (tertiary/aromatic N) is 3. The van der Waals surface area contributed by atoms with Crippen LogP contribution in [-0.4, -0.2) is 46.3 Å². The number of carbonyl (C=O) groups is 2. The third-order valence-electron chi connectivity index (χ3n) is 6.99. The molecule has 39 heavy (non-hydrogen) atoms. The standard InChI is InChI=1S/C32H37N3O4/c1-3-4-18-29(32(38)39-2)34(22-13-7-12-19-30(36)37)26-20-21-28-27(23-26)33-31(24-14-8-5-9-15-24)35(28)25-16-10-6-11-17-25/h5-6,8-11,14-17,20-21,23,29H,3-4,7,12-13,18-19,22H2,1-2H3,(H,36,37). The van der Waals surface area contributed by atoms with Gasteiger partial charge in [0.2, 0.25) is 0 Å². The summed E-state index contributed by atoms with van der Waals surface area (Å²) in [6, 6.07) is 26.1. The molecule has 3 aromatic carbocycles. The van der Waals surface area contributed by atoms with Crippen molar-refractivity contribution in [2.75, 3.05) is 18.6 Å². The van der Waals surface area contributed by atoms with Crippen molar-refractivity contribution < 1.29 is 19.4 Å². The van der Waals surface area contributed by atoms with Crippen LogP contribution in [0.1, 0.15) is 51.9 Å². The minimum Gasteiger partial charge on any atom is -0.481 e. The van der Waals surface area contributed by atoms with Crippen LogP contribution in [-0.2, 0) is 14.3 Å². The lowest BCUT2D eigenvalue weighted by atomic mass is 10.1. The van der Waals surface area contributed by atoms with Crippen LogP contribution < -0.4 is 4.90 Å². The lowest BCUT2D eigenvalue weighted by Gasteiger charge is -2.32. The third kappa shape index (κ3) is 6.85. The van der Waals surface area contributed by atoms with Crippen LogP contribution in [0.3, 0.4) is 0 Å². The quantitative estimate of drug-likeness (QED) is 0.142.